The third kappa shape index (κ3) is 5.64. The van der Waals surface area contributed by atoms with Gasteiger partial charge < -0.3 is 20.0 Å². The van der Waals surface area contributed by atoms with Crippen LogP contribution >= 0.6 is 0 Å². The first-order chi connectivity index (χ1) is 15.5. The molecule has 1 unspecified atom stereocenters. The molecule has 1 atom stereocenters. The van der Waals surface area contributed by atoms with E-state index in [4.69, 9.17) is 0 Å². The van der Waals surface area contributed by atoms with Crippen LogP contribution in [0, 0.1) is 0 Å². The van der Waals surface area contributed by atoms with Crippen molar-refractivity contribution in [3.05, 3.63) is 35.4 Å². The Labute approximate surface area is 193 Å². The van der Waals surface area contributed by atoms with Crippen LogP contribution in [0.15, 0.2) is 24.3 Å². The van der Waals surface area contributed by atoms with E-state index in [9.17, 15) is 9.59 Å². The minimum Gasteiger partial charge on any atom is -0.339 e. The topological polar surface area (TPSA) is 55.9 Å². The number of carbonyl (C=O) groups excluding carboxylic acids is 2. The van der Waals surface area contributed by atoms with Gasteiger partial charge in [0, 0.05) is 49.7 Å². The molecule has 4 rings (SSSR count). The molecule has 6 nitrogen and oxygen atoms in total. The maximum Gasteiger partial charge on any atom is 0.317 e. The van der Waals surface area contributed by atoms with Gasteiger partial charge in [0.15, 0.2) is 0 Å². The molecule has 3 aliphatic rings. The molecule has 3 fully saturated rings. The summed E-state index contributed by atoms with van der Waals surface area (Å²) in [5, 5.41) is 3.01. The number of amides is 3. The molecule has 176 valence electrons. The summed E-state index contributed by atoms with van der Waals surface area (Å²) in [6, 6.07) is 8.97. The van der Waals surface area contributed by atoms with Crippen LogP contribution in [-0.4, -0.2) is 78.0 Å². The summed E-state index contributed by atoms with van der Waals surface area (Å²) in [5.74, 6) is 0.452. The molecule has 3 aliphatic heterocycles. The van der Waals surface area contributed by atoms with Crippen molar-refractivity contribution in [1.82, 2.24) is 20.0 Å². The number of rotatable bonds is 4. The molecule has 1 aromatic rings. The monoisotopic (exact) mass is 440 g/mol. The highest BCUT2D eigenvalue weighted by Gasteiger charge is 2.29. The summed E-state index contributed by atoms with van der Waals surface area (Å²) >= 11 is 0. The van der Waals surface area contributed by atoms with Crippen molar-refractivity contribution in [3.8, 4) is 0 Å². The first-order valence-corrected chi connectivity index (χ1v) is 12.7. The molecule has 1 N–H and O–H groups in total. The lowest BCUT2D eigenvalue weighted by atomic mass is 9.89. The molecule has 0 spiro atoms. The maximum absolute atomic E-state index is 13.2. The van der Waals surface area contributed by atoms with E-state index < -0.39 is 0 Å². The van der Waals surface area contributed by atoms with Crippen molar-refractivity contribution >= 4 is 11.9 Å². The fourth-order valence-corrected chi connectivity index (χ4v) is 5.60. The summed E-state index contributed by atoms with van der Waals surface area (Å²) < 4.78 is 0. The van der Waals surface area contributed by atoms with Gasteiger partial charge in [0.2, 0.25) is 0 Å². The van der Waals surface area contributed by atoms with Crippen molar-refractivity contribution in [2.24, 2.45) is 0 Å². The quantitative estimate of drug-likeness (QED) is 0.768. The fraction of sp³-hybridized carbons (Fsp3) is 0.692. The van der Waals surface area contributed by atoms with Gasteiger partial charge in [-0.15, -0.1) is 0 Å². The van der Waals surface area contributed by atoms with E-state index in [-0.39, 0.29) is 18.0 Å². The molecular formula is C26H40N4O2. The Bertz CT molecular complexity index is 782. The van der Waals surface area contributed by atoms with E-state index in [0.29, 0.717) is 12.0 Å². The average molecular weight is 441 g/mol. The number of hydrogen-bond acceptors (Lipinski definition) is 3. The summed E-state index contributed by atoms with van der Waals surface area (Å²) in [5.41, 5.74) is 1.98. The van der Waals surface area contributed by atoms with Gasteiger partial charge in [0.1, 0.15) is 0 Å². The van der Waals surface area contributed by atoms with E-state index in [1.54, 1.807) is 0 Å². The highest BCUT2D eigenvalue weighted by molar-refractivity contribution is 5.94. The van der Waals surface area contributed by atoms with Crippen molar-refractivity contribution < 1.29 is 9.59 Å². The molecule has 3 heterocycles. The molecule has 3 amide bonds. The number of carbonyl (C=O) groups is 2. The van der Waals surface area contributed by atoms with E-state index in [1.807, 2.05) is 35.8 Å². The minimum atomic E-state index is 0.0218. The second-order valence-corrected chi connectivity index (χ2v) is 10.1. The number of benzene rings is 1. The Morgan fingerprint density at radius 3 is 2.38 bits per heavy atom. The van der Waals surface area contributed by atoms with Gasteiger partial charge in [-0.3, -0.25) is 4.79 Å². The lowest BCUT2D eigenvalue weighted by Crippen LogP contribution is -2.48. The fourth-order valence-electron chi connectivity index (χ4n) is 5.60. The Kier molecular flexibility index (Phi) is 7.71. The molecule has 6 heteroatoms. The number of piperidine rings is 3. The van der Waals surface area contributed by atoms with Crippen LogP contribution in [0.5, 0.6) is 0 Å². The lowest BCUT2D eigenvalue weighted by molar-refractivity contribution is 0.0589. The third-order valence-corrected chi connectivity index (χ3v) is 7.38. The van der Waals surface area contributed by atoms with Crippen LogP contribution in [-0.2, 0) is 0 Å². The van der Waals surface area contributed by atoms with E-state index >= 15 is 0 Å². The molecule has 3 saturated heterocycles. The first kappa shape index (κ1) is 23.1. The zero-order chi connectivity index (χ0) is 22.5. The van der Waals surface area contributed by atoms with Crippen LogP contribution < -0.4 is 5.32 Å². The zero-order valence-corrected chi connectivity index (χ0v) is 19.9. The molecule has 0 radical (unpaired) electrons. The predicted octanol–water partition coefficient (Wildman–Crippen LogP) is 4.07. The van der Waals surface area contributed by atoms with Crippen molar-refractivity contribution in [2.45, 2.75) is 76.8 Å². The summed E-state index contributed by atoms with van der Waals surface area (Å²) in [4.78, 5) is 32.3. The molecule has 0 bridgehead atoms. The van der Waals surface area contributed by atoms with Gasteiger partial charge in [-0.2, -0.15) is 0 Å². The summed E-state index contributed by atoms with van der Waals surface area (Å²) in [6.07, 6.45) is 8.25. The van der Waals surface area contributed by atoms with Crippen molar-refractivity contribution in [3.63, 3.8) is 0 Å². The van der Waals surface area contributed by atoms with Crippen LogP contribution in [0.4, 0.5) is 4.79 Å². The number of nitrogens with zero attached hydrogens (tertiary/aromatic N) is 3. The zero-order valence-electron chi connectivity index (χ0n) is 19.9. The average Bonchev–Trinajstić information content (AvgIpc) is 2.84. The number of likely N-dealkylation sites (tertiary alicyclic amines) is 3. The lowest BCUT2D eigenvalue weighted by Gasteiger charge is -2.40. The minimum absolute atomic E-state index is 0.0218. The highest BCUT2D eigenvalue weighted by Crippen LogP contribution is 2.28. The second kappa shape index (κ2) is 10.7. The molecule has 32 heavy (non-hydrogen) atoms. The Morgan fingerprint density at radius 1 is 0.906 bits per heavy atom. The summed E-state index contributed by atoms with van der Waals surface area (Å²) in [6.45, 7) is 9.68. The maximum atomic E-state index is 13.2. The van der Waals surface area contributed by atoms with Crippen molar-refractivity contribution in [1.29, 1.82) is 0 Å². The van der Waals surface area contributed by atoms with Gasteiger partial charge in [-0.1, -0.05) is 18.6 Å². The molecular weight excluding hydrogens is 400 g/mol. The standard InChI is InChI=1S/C26H40N4O2/c1-20(2)27-26(32)30-15-7-10-23(19-30)21-8-6-9-22(18-21)25(31)29-16-11-24(12-17-29)28-13-4-3-5-14-28/h6,8-9,18,20,23-24H,3-5,7,10-17,19H2,1-2H3,(H,27,32). The Morgan fingerprint density at radius 2 is 1.66 bits per heavy atom. The SMILES string of the molecule is CC(C)NC(=O)N1CCCC(c2cccc(C(=O)N3CCC(N4CCCCC4)CC3)c2)C1. The number of urea groups is 1. The largest absolute Gasteiger partial charge is 0.339 e. The van der Waals surface area contributed by atoms with E-state index in [2.05, 4.69) is 22.3 Å². The summed E-state index contributed by atoms with van der Waals surface area (Å²) in [7, 11) is 0. The van der Waals surface area contributed by atoms with Gasteiger partial charge in [0.25, 0.3) is 5.91 Å². The first-order valence-electron chi connectivity index (χ1n) is 12.7. The molecule has 0 saturated carbocycles. The van der Waals surface area contributed by atoms with E-state index in [0.717, 1.165) is 57.4 Å². The van der Waals surface area contributed by atoms with Crippen molar-refractivity contribution in [2.75, 3.05) is 39.3 Å². The second-order valence-electron chi connectivity index (χ2n) is 10.1. The van der Waals surface area contributed by atoms with Gasteiger partial charge >= 0.3 is 6.03 Å². The Balaban J connectivity index is 1.35. The van der Waals surface area contributed by atoms with Gasteiger partial charge in [-0.05, 0) is 83.2 Å². The van der Waals surface area contributed by atoms with E-state index in [1.165, 1.54) is 37.9 Å². The molecule has 1 aromatic carbocycles. The molecule has 0 aliphatic carbocycles. The predicted molar refractivity (Wildman–Crippen MR) is 128 cm³/mol. The van der Waals surface area contributed by atoms with Crippen LogP contribution in [0.25, 0.3) is 0 Å². The third-order valence-electron chi connectivity index (χ3n) is 7.38. The normalized spacial score (nSPS) is 23.4. The number of hydrogen-bond donors (Lipinski definition) is 1. The Hall–Kier alpha value is -2.08. The van der Waals surface area contributed by atoms with Crippen LogP contribution in [0.1, 0.15) is 80.6 Å². The smallest absolute Gasteiger partial charge is 0.317 e. The highest BCUT2D eigenvalue weighted by atomic mass is 16.2. The van der Waals surface area contributed by atoms with Gasteiger partial charge in [0.05, 0.1) is 0 Å². The molecule has 0 aromatic heterocycles. The van der Waals surface area contributed by atoms with Crippen LogP contribution in [0.2, 0.25) is 0 Å². The number of nitrogens with one attached hydrogen (secondary N) is 1. The van der Waals surface area contributed by atoms with Gasteiger partial charge in [-0.25, -0.2) is 4.79 Å². The van der Waals surface area contributed by atoms with Crippen LogP contribution in [0.3, 0.4) is 0 Å².